The highest BCUT2D eigenvalue weighted by molar-refractivity contribution is 7.85. The average molecular weight is 660 g/mol. The zero-order chi connectivity index (χ0) is 32.5. The van der Waals surface area contributed by atoms with Gasteiger partial charge in [0.15, 0.2) is 5.75 Å². The van der Waals surface area contributed by atoms with Crippen molar-refractivity contribution < 1.29 is 39.7 Å². The predicted molar refractivity (Wildman–Crippen MR) is 176 cm³/mol. The van der Waals surface area contributed by atoms with Gasteiger partial charge in [0.2, 0.25) is 11.5 Å². The van der Waals surface area contributed by atoms with Crippen molar-refractivity contribution in [1.29, 1.82) is 0 Å². The maximum absolute atomic E-state index is 12.1. The molecular weight excluding hydrogens is 629 g/mol. The first-order valence-electron chi connectivity index (χ1n) is 14.5. The van der Waals surface area contributed by atoms with Crippen LogP contribution in [0.4, 0.5) is 5.69 Å². The first-order chi connectivity index (χ1) is 22.0. The van der Waals surface area contributed by atoms with Gasteiger partial charge in [-0.25, -0.2) is 0 Å². The Morgan fingerprint density at radius 1 is 0.804 bits per heavy atom. The van der Waals surface area contributed by atoms with Crippen LogP contribution < -0.4 is 14.2 Å². The number of hydrogen-bond donors (Lipinski definition) is 2. The zero-order valence-electron chi connectivity index (χ0n) is 24.8. The van der Waals surface area contributed by atoms with Gasteiger partial charge in [0.05, 0.1) is 17.5 Å². The Morgan fingerprint density at radius 2 is 1.43 bits per heavy atom. The highest BCUT2D eigenvalue weighted by Gasteiger charge is 2.30. The van der Waals surface area contributed by atoms with Gasteiger partial charge >= 0.3 is 16.0 Å². The third-order valence-corrected chi connectivity index (χ3v) is 8.85. The van der Waals surface area contributed by atoms with E-state index >= 15 is 0 Å². The number of benzene rings is 4. The molecule has 0 saturated carbocycles. The molecule has 0 radical (unpaired) electrons. The van der Waals surface area contributed by atoms with Crippen LogP contribution in [0.5, 0.6) is 5.75 Å². The lowest BCUT2D eigenvalue weighted by atomic mass is 10.0. The first-order valence-corrected chi connectivity index (χ1v) is 17.7. The molecule has 236 valence electrons. The van der Waals surface area contributed by atoms with Crippen LogP contribution in [0, 0.1) is 0 Å². The number of rotatable bonds is 10. The summed E-state index contributed by atoms with van der Waals surface area (Å²) >= 11 is 0. The Kier molecular flexibility index (Phi) is 8.53. The van der Waals surface area contributed by atoms with Gasteiger partial charge in [-0.3, -0.25) is 9.11 Å². The summed E-state index contributed by atoms with van der Waals surface area (Å²) < 4.78 is 80.7. The topological polar surface area (TPSA) is 138 Å². The van der Waals surface area contributed by atoms with Crippen LogP contribution in [-0.2, 0) is 26.1 Å². The second-order valence-corrected chi connectivity index (χ2v) is 13.8. The van der Waals surface area contributed by atoms with Gasteiger partial charge in [-0.1, -0.05) is 79.7 Å². The minimum Gasteiger partial charge on any atom is -0.439 e. The van der Waals surface area contributed by atoms with Crippen LogP contribution in [0.3, 0.4) is 0 Å². The Morgan fingerprint density at radius 3 is 2.04 bits per heavy atom. The van der Waals surface area contributed by atoms with Crippen LogP contribution in [0.25, 0.3) is 39.4 Å². The SMILES string of the molecule is CCC(/C=C1\Oc2ccc(-c3ccccc3)cc2N1CCS(=O)(=O)O)=C\c1oc2ccc(-c3ccccc3)cc2[n+]1CS(=O)(=O)O. The molecule has 0 aliphatic carbocycles. The summed E-state index contributed by atoms with van der Waals surface area (Å²) in [5, 5.41) is 0. The Labute approximate surface area is 267 Å². The van der Waals surface area contributed by atoms with Crippen molar-refractivity contribution in [3.8, 4) is 28.0 Å². The fourth-order valence-electron chi connectivity index (χ4n) is 5.33. The van der Waals surface area contributed by atoms with E-state index in [0.29, 0.717) is 40.4 Å². The molecule has 0 spiro atoms. The van der Waals surface area contributed by atoms with Gasteiger partial charge in [0.25, 0.3) is 21.5 Å². The van der Waals surface area contributed by atoms with Gasteiger partial charge in [0, 0.05) is 18.7 Å². The normalized spacial score (nSPS) is 14.5. The van der Waals surface area contributed by atoms with E-state index in [1.807, 2.05) is 85.8 Å². The summed E-state index contributed by atoms with van der Waals surface area (Å²) in [6.07, 6.45) is 3.83. The summed E-state index contributed by atoms with van der Waals surface area (Å²) in [6, 6.07) is 30.3. The molecule has 0 bridgehead atoms. The maximum atomic E-state index is 12.1. The van der Waals surface area contributed by atoms with Gasteiger partial charge in [0.1, 0.15) is 0 Å². The van der Waals surface area contributed by atoms with Gasteiger partial charge in [-0.2, -0.15) is 16.8 Å². The van der Waals surface area contributed by atoms with Crippen molar-refractivity contribution in [3.63, 3.8) is 0 Å². The van der Waals surface area contributed by atoms with Gasteiger partial charge in [-0.15, -0.1) is 4.57 Å². The van der Waals surface area contributed by atoms with Crippen LogP contribution in [0.15, 0.2) is 119 Å². The molecule has 2 N–H and O–H groups in total. The largest absolute Gasteiger partial charge is 0.439 e. The van der Waals surface area contributed by atoms with Gasteiger partial charge in [-0.05, 0) is 52.4 Å². The number of nitrogens with zero attached hydrogens (tertiary/aromatic N) is 2. The Balaban J connectivity index is 1.43. The summed E-state index contributed by atoms with van der Waals surface area (Å²) in [6.45, 7) is 1.81. The summed E-state index contributed by atoms with van der Waals surface area (Å²) in [5.41, 5.74) is 5.82. The molecule has 5 aromatic rings. The lowest BCUT2D eigenvalue weighted by Gasteiger charge is -2.18. The highest BCUT2D eigenvalue weighted by Crippen LogP contribution is 2.42. The van der Waals surface area contributed by atoms with Crippen molar-refractivity contribution >= 4 is 43.1 Å². The van der Waals surface area contributed by atoms with Crippen LogP contribution in [0.2, 0.25) is 0 Å². The maximum Gasteiger partial charge on any atom is 0.375 e. The van der Waals surface area contributed by atoms with Crippen molar-refractivity contribution in [2.24, 2.45) is 0 Å². The number of oxazole rings is 1. The molecule has 10 nitrogen and oxygen atoms in total. The number of allylic oxidation sites excluding steroid dienone is 2. The molecule has 0 fully saturated rings. The van der Waals surface area contributed by atoms with E-state index in [4.69, 9.17) is 9.15 Å². The molecule has 2 heterocycles. The minimum absolute atomic E-state index is 0.0808. The fourth-order valence-corrected chi connectivity index (χ4v) is 6.34. The van der Waals surface area contributed by atoms with Crippen molar-refractivity contribution in [2.75, 3.05) is 17.2 Å². The molecule has 1 aliphatic heterocycles. The van der Waals surface area contributed by atoms with Gasteiger partial charge < -0.3 is 14.1 Å². The molecule has 1 aliphatic rings. The second-order valence-electron chi connectivity index (χ2n) is 10.8. The van der Waals surface area contributed by atoms with Crippen LogP contribution in [0.1, 0.15) is 19.2 Å². The molecule has 0 atom stereocenters. The van der Waals surface area contributed by atoms with E-state index in [2.05, 4.69) is 0 Å². The third-order valence-electron chi connectivity index (χ3n) is 7.57. The van der Waals surface area contributed by atoms with Crippen molar-refractivity contribution in [2.45, 2.75) is 19.2 Å². The molecule has 46 heavy (non-hydrogen) atoms. The van der Waals surface area contributed by atoms with E-state index in [0.717, 1.165) is 22.3 Å². The molecule has 1 aromatic heterocycles. The molecule has 0 saturated heterocycles. The van der Waals surface area contributed by atoms with Crippen LogP contribution in [-0.4, -0.2) is 38.2 Å². The molecular formula is C34H31N2O8S2+. The molecule has 4 aromatic carbocycles. The highest BCUT2D eigenvalue weighted by atomic mass is 32.2. The van der Waals surface area contributed by atoms with Crippen molar-refractivity contribution in [1.82, 2.24) is 0 Å². The smallest absolute Gasteiger partial charge is 0.375 e. The molecule has 6 rings (SSSR count). The number of aromatic nitrogens is 1. The fraction of sp³-hybridized carbons (Fsp3) is 0.147. The number of anilines is 1. The average Bonchev–Trinajstić information content (AvgIpc) is 3.55. The van der Waals surface area contributed by atoms with E-state index in [-0.39, 0.29) is 12.4 Å². The standard InChI is InChI=1S/C34H30N2O8S2/c1-2-24(20-34-36(23-46(40,41)42)30-22-28(14-16-32(30)44-34)26-11-7-4-8-12-26)19-33-35(17-18-45(37,38)39)29-21-27(13-15-31(29)43-33)25-9-5-3-6-10-25/h3-16,19-22H,2,17-18,23H2,1H3,(H-,37,38,39,40,41,42)/p+1. The van der Waals surface area contributed by atoms with E-state index < -0.39 is 31.9 Å². The van der Waals surface area contributed by atoms with Crippen molar-refractivity contribution in [3.05, 3.63) is 120 Å². The van der Waals surface area contributed by atoms with E-state index in [1.54, 1.807) is 35.3 Å². The first kappa shape index (κ1) is 31.2. The summed E-state index contributed by atoms with van der Waals surface area (Å²) in [7, 11) is -8.73. The third kappa shape index (κ3) is 7.05. The Bertz CT molecular complexity index is 2190. The second kappa shape index (κ2) is 12.6. The van der Waals surface area contributed by atoms with E-state index in [9.17, 15) is 25.9 Å². The molecule has 0 unspecified atom stereocenters. The number of ether oxygens (including phenoxy) is 1. The molecule has 12 heteroatoms. The predicted octanol–water partition coefficient (Wildman–Crippen LogP) is 6.32. The van der Waals surface area contributed by atoms with E-state index in [1.165, 1.54) is 4.57 Å². The number of hydrogen-bond acceptors (Lipinski definition) is 7. The minimum atomic E-state index is -4.45. The monoisotopic (exact) mass is 659 g/mol. The van der Waals surface area contributed by atoms with Crippen LogP contribution >= 0.6 is 0 Å². The lowest BCUT2D eigenvalue weighted by Crippen LogP contribution is -2.39. The zero-order valence-corrected chi connectivity index (χ0v) is 26.4. The quantitative estimate of drug-likeness (QED) is 0.130. The number of fused-ring (bicyclic) bond motifs is 2. The molecule has 0 amide bonds. The summed E-state index contributed by atoms with van der Waals surface area (Å²) in [5.74, 6) is -0.258. The summed E-state index contributed by atoms with van der Waals surface area (Å²) in [4.78, 5) is 1.68. The lowest BCUT2D eigenvalue weighted by molar-refractivity contribution is -0.658. The Hall–Kier alpha value is -4.75.